The summed E-state index contributed by atoms with van der Waals surface area (Å²) in [6.45, 7) is 0. The Labute approximate surface area is 102 Å². The van der Waals surface area contributed by atoms with Crippen molar-refractivity contribution >= 4 is 28.9 Å². The second-order valence-electron chi connectivity index (χ2n) is 3.42. The molecule has 0 aliphatic heterocycles. The van der Waals surface area contributed by atoms with Gasteiger partial charge in [0, 0.05) is 10.4 Å². The van der Waals surface area contributed by atoms with Crippen LogP contribution >= 0.6 is 22.9 Å². The Bertz CT molecular complexity index is 502. The van der Waals surface area contributed by atoms with Crippen LogP contribution in [0.25, 0.3) is 0 Å². The van der Waals surface area contributed by atoms with Crippen molar-refractivity contribution in [3.05, 3.63) is 56.7 Å². The average Bonchev–Trinajstić information content (AvgIpc) is 2.69. The molecule has 1 heterocycles. The van der Waals surface area contributed by atoms with Crippen molar-refractivity contribution in [1.82, 2.24) is 0 Å². The molecule has 1 aromatic carbocycles. The van der Waals surface area contributed by atoms with Gasteiger partial charge in [0.15, 0.2) is 0 Å². The fraction of sp³-hybridized carbons (Fsp3) is 0.0833. The Morgan fingerprint density at radius 3 is 2.56 bits per heavy atom. The van der Waals surface area contributed by atoms with Gasteiger partial charge >= 0.3 is 5.97 Å². The third kappa shape index (κ3) is 2.43. The Hall–Kier alpha value is -1.32. The maximum Gasteiger partial charge on any atom is 0.336 e. The van der Waals surface area contributed by atoms with E-state index in [4.69, 9.17) is 16.7 Å². The molecule has 2 rings (SSSR count). The number of thiophene rings is 1. The van der Waals surface area contributed by atoms with Crippen molar-refractivity contribution in [1.29, 1.82) is 0 Å². The van der Waals surface area contributed by atoms with Gasteiger partial charge in [-0.15, -0.1) is 0 Å². The maximum atomic E-state index is 10.9. The van der Waals surface area contributed by atoms with E-state index in [9.17, 15) is 4.79 Å². The van der Waals surface area contributed by atoms with Gasteiger partial charge in [-0.25, -0.2) is 4.79 Å². The highest BCUT2D eigenvalue weighted by molar-refractivity contribution is 7.08. The van der Waals surface area contributed by atoms with Gasteiger partial charge in [0.1, 0.15) is 0 Å². The lowest BCUT2D eigenvalue weighted by Gasteiger charge is -2.01. The SMILES string of the molecule is O=C(O)c1cscc1Cc1ccc(Cl)cc1. The zero-order valence-corrected chi connectivity index (χ0v) is 9.89. The van der Waals surface area contributed by atoms with E-state index in [0.29, 0.717) is 17.0 Å². The standard InChI is InChI=1S/C12H9ClO2S/c13-10-3-1-8(2-4-10)5-9-6-16-7-11(9)12(14)15/h1-4,6-7H,5H2,(H,14,15). The van der Waals surface area contributed by atoms with Crippen LogP contribution in [0.4, 0.5) is 0 Å². The van der Waals surface area contributed by atoms with E-state index in [1.165, 1.54) is 11.3 Å². The van der Waals surface area contributed by atoms with Gasteiger partial charge in [0.2, 0.25) is 0 Å². The largest absolute Gasteiger partial charge is 0.478 e. The van der Waals surface area contributed by atoms with Crippen molar-refractivity contribution in [2.24, 2.45) is 0 Å². The van der Waals surface area contributed by atoms with Gasteiger partial charge in [-0.3, -0.25) is 0 Å². The number of benzene rings is 1. The molecule has 0 aliphatic rings. The molecule has 82 valence electrons. The molecule has 0 saturated carbocycles. The van der Waals surface area contributed by atoms with Crippen LogP contribution in [0, 0.1) is 0 Å². The van der Waals surface area contributed by atoms with Gasteiger partial charge in [-0.05, 0) is 35.1 Å². The number of hydrogen-bond acceptors (Lipinski definition) is 2. The summed E-state index contributed by atoms with van der Waals surface area (Å²) in [6.07, 6.45) is 0.627. The van der Waals surface area contributed by atoms with E-state index in [-0.39, 0.29) is 0 Å². The summed E-state index contributed by atoms with van der Waals surface area (Å²) in [5.41, 5.74) is 2.30. The molecule has 0 amide bonds. The normalized spacial score (nSPS) is 10.3. The molecule has 1 N–H and O–H groups in total. The number of carboxylic acid groups (broad SMARTS) is 1. The Balaban J connectivity index is 2.23. The van der Waals surface area contributed by atoms with Crippen molar-refractivity contribution in [3.63, 3.8) is 0 Å². The van der Waals surface area contributed by atoms with Crippen molar-refractivity contribution in [2.75, 3.05) is 0 Å². The third-order valence-electron chi connectivity index (χ3n) is 2.28. The van der Waals surface area contributed by atoms with Crippen LogP contribution in [0.15, 0.2) is 35.0 Å². The molecule has 1 aromatic heterocycles. The highest BCUT2D eigenvalue weighted by atomic mass is 35.5. The fourth-order valence-electron chi connectivity index (χ4n) is 1.47. The quantitative estimate of drug-likeness (QED) is 0.905. The molecule has 0 atom stereocenters. The van der Waals surface area contributed by atoms with E-state index in [2.05, 4.69) is 0 Å². The molecule has 16 heavy (non-hydrogen) atoms. The number of carboxylic acids is 1. The molecule has 0 radical (unpaired) electrons. The lowest BCUT2D eigenvalue weighted by molar-refractivity contribution is 0.0696. The summed E-state index contributed by atoms with van der Waals surface area (Å²) < 4.78 is 0. The highest BCUT2D eigenvalue weighted by Crippen LogP contribution is 2.20. The monoisotopic (exact) mass is 252 g/mol. The van der Waals surface area contributed by atoms with E-state index in [0.717, 1.165) is 11.1 Å². The summed E-state index contributed by atoms with van der Waals surface area (Å²) in [7, 11) is 0. The predicted molar refractivity (Wildman–Crippen MR) is 65.5 cm³/mol. The van der Waals surface area contributed by atoms with Gasteiger partial charge in [-0.1, -0.05) is 23.7 Å². The molecule has 2 nitrogen and oxygen atoms in total. The first-order chi connectivity index (χ1) is 7.66. The molecule has 0 unspecified atom stereocenters. The summed E-state index contributed by atoms with van der Waals surface area (Å²) in [4.78, 5) is 10.9. The first kappa shape index (κ1) is 11.2. The molecule has 0 fully saturated rings. The van der Waals surface area contributed by atoms with E-state index in [1.807, 2.05) is 29.6 Å². The van der Waals surface area contributed by atoms with Crippen molar-refractivity contribution in [2.45, 2.75) is 6.42 Å². The van der Waals surface area contributed by atoms with Gasteiger partial charge in [0.25, 0.3) is 0 Å². The summed E-state index contributed by atoms with van der Waals surface area (Å²) in [5, 5.41) is 13.2. The number of rotatable bonds is 3. The van der Waals surface area contributed by atoms with Crippen LogP contribution in [0.1, 0.15) is 21.5 Å². The van der Waals surface area contributed by atoms with Crippen molar-refractivity contribution in [3.8, 4) is 0 Å². The van der Waals surface area contributed by atoms with Crippen molar-refractivity contribution < 1.29 is 9.90 Å². The van der Waals surface area contributed by atoms with Crippen LogP contribution < -0.4 is 0 Å². The Morgan fingerprint density at radius 1 is 1.25 bits per heavy atom. The first-order valence-electron chi connectivity index (χ1n) is 4.69. The van der Waals surface area contributed by atoms with Crippen LogP contribution in [0.2, 0.25) is 5.02 Å². The molecular formula is C12H9ClO2S. The van der Waals surface area contributed by atoms with E-state index >= 15 is 0 Å². The Morgan fingerprint density at radius 2 is 1.94 bits per heavy atom. The zero-order valence-electron chi connectivity index (χ0n) is 8.31. The van der Waals surface area contributed by atoms with Crippen LogP contribution in [-0.4, -0.2) is 11.1 Å². The van der Waals surface area contributed by atoms with Crippen LogP contribution in [0.5, 0.6) is 0 Å². The van der Waals surface area contributed by atoms with Gasteiger partial charge in [0.05, 0.1) is 5.56 Å². The summed E-state index contributed by atoms with van der Waals surface area (Å²) in [5.74, 6) is -0.870. The summed E-state index contributed by atoms with van der Waals surface area (Å²) >= 11 is 7.19. The van der Waals surface area contributed by atoms with Crippen LogP contribution in [-0.2, 0) is 6.42 Å². The summed E-state index contributed by atoms with van der Waals surface area (Å²) in [6, 6.07) is 7.44. The molecule has 0 spiro atoms. The predicted octanol–water partition coefficient (Wildman–Crippen LogP) is 3.69. The van der Waals surface area contributed by atoms with Gasteiger partial charge in [-0.2, -0.15) is 11.3 Å². The van der Waals surface area contributed by atoms with E-state index < -0.39 is 5.97 Å². The molecule has 4 heteroatoms. The first-order valence-corrected chi connectivity index (χ1v) is 6.01. The number of halogens is 1. The zero-order chi connectivity index (χ0) is 11.5. The molecule has 2 aromatic rings. The second-order valence-corrected chi connectivity index (χ2v) is 4.60. The second kappa shape index (κ2) is 4.68. The molecule has 0 aliphatic carbocycles. The molecule has 0 bridgehead atoms. The maximum absolute atomic E-state index is 10.9. The average molecular weight is 253 g/mol. The topological polar surface area (TPSA) is 37.3 Å². The van der Waals surface area contributed by atoms with Crippen LogP contribution in [0.3, 0.4) is 0 Å². The number of carbonyl (C=O) groups is 1. The number of hydrogen-bond donors (Lipinski definition) is 1. The smallest absolute Gasteiger partial charge is 0.336 e. The molecular weight excluding hydrogens is 244 g/mol. The Kier molecular flexibility index (Phi) is 3.27. The fourth-order valence-corrected chi connectivity index (χ4v) is 2.43. The lowest BCUT2D eigenvalue weighted by Crippen LogP contribution is -1.99. The lowest BCUT2D eigenvalue weighted by atomic mass is 10.0. The minimum atomic E-state index is -0.870. The number of aromatic carboxylic acids is 1. The minimum Gasteiger partial charge on any atom is -0.478 e. The highest BCUT2D eigenvalue weighted by Gasteiger charge is 2.11. The third-order valence-corrected chi connectivity index (χ3v) is 3.32. The minimum absolute atomic E-state index is 0.389. The van der Waals surface area contributed by atoms with E-state index in [1.54, 1.807) is 5.38 Å². The van der Waals surface area contributed by atoms with Gasteiger partial charge < -0.3 is 5.11 Å². The molecule has 0 saturated heterocycles.